The predicted octanol–water partition coefficient (Wildman–Crippen LogP) is 4.51. The fourth-order valence-electron chi connectivity index (χ4n) is 1.30. The molecule has 0 aromatic heterocycles. The van der Waals surface area contributed by atoms with Crippen LogP contribution in [0.5, 0.6) is 0 Å². The molecule has 0 saturated carbocycles. The van der Waals surface area contributed by atoms with E-state index in [1.807, 2.05) is 20.8 Å². The maximum absolute atomic E-state index is 11.9. The summed E-state index contributed by atoms with van der Waals surface area (Å²) in [7, 11) is 0.842. The molecule has 118 valence electrons. The number of carbonyl (C=O) groups is 1. The highest BCUT2D eigenvalue weighted by molar-refractivity contribution is 8.94. The summed E-state index contributed by atoms with van der Waals surface area (Å²) in [6.45, 7) is 12.2. The SMILES string of the molecule is CC(C)(C)OC(=O)C[C@@H](CC#N)SS(C)(C)C(C)(C)C. The summed E-state index contributed by atoms with van der Waals surface area (Å²) in [5, 5.41) is 8.99. The predicted molar refractivity (Wildman–Crippen MR) is 91.3 cm³/mol. The number of rotatable bonds is 5. The van der Waals surface area contributed by atoms with E-state index in [4.69, 9.17) is 10.00 Å². The molecule has 0 N–H and O–H groups in total. The van der Waals surface area contributed by atoms with Crippen LogP contribution in [0.15, 0.2) is 0 Å². The molecule has 0 aliphatic carbocycles. The number of hydrogen-bond donors (Lipinski definition) is 0. The van der Waals surface area contributed by atoms with Crippen molar-refractivity contribution in [1.29, 1.82) is 5.26 Å². The van der Waals surface area contributed by atoms with E-state index in [0.29, 0.717) is 12.8 Å². The van der Waals surface area contributed by atoms with Crippen molar-refractivity contribution in [2.24, 2.45) is 0 Å². The molecule has 0 fully saturated rings. The highest BCUT2D eigenvalue weighted by Gasteiger charge is 2.32. The molecule has 3 nitrogen and oxygen atoms in total. The van der Waals surface area contributed by atoms with Gasteiger partial charge in [-0.05, 0) is 38.0 Å². The maximum Gasteiger partial charge on any atom is 0.307 e. The normalized spacial score (nSPS) is 15.3. The Bertz CT molecular complexity index is 373. The molecular formula is C15H29NO2S2. The minimum Gasteiger partial charge on any atom is -0.460 e. The minimum absolute atomic E-state index is 0.0130. The van der Waals surface area contributed by atoms with E-state index in [1.54, 1.807) is 10.8 Å². The van der Waals surface area contributed by atoms with Crippen molar-refractivity contribution in [3.05, 3.63) is 0 Å². The molecule has 0 heterocycles. The summed E-state index contributed by atoms with van der Waals surface area (Å²) in [6.07, 6.45) is 5.19. The lowest BCUT2D eigenvalue weighted by atomic mass is 10.2. The number of ether oxygens (including phenoxy) is 1. The molecule has 20 heavy (non-hydrogen) atoms. The Hall–Kier alpha value is -0.340. The van der Waals surface area contributed by atoms with Gasteiger partial charge in [0.1, 0.15) is 5.60 Å². The first-order chi connectivity index (χ1) is 8.78. The highest BCUT2D eigenvalue weighted by atomic mass is 33.2. The molecule has 0 aliphatic rings. The van der Waals surface area contributed by atoms with Gasteiger partial charge in [0, 0.05) is 11.7 Å². The Morgan fingerprint density at radius 2 is 1.75 bits per heavy atom. The molecule has 0 radical (unpaired) electrons. The first-order valence-corrected chi connectivity index (χ1v) is 10.6. The van der Waals surface area contributed by atoms with Crippen molar-refractivity contribution < 1.29 is 9.53 Å². The van der Waals surface area contributed by atoms with E-state index in [2.05, 4.69) is 39.4 Å². The van der Waals surface area contributed by atoms with Gasteiger partial charge in [0.05, 0.1) is 12.5 Å². The van der Waals surface area contributed by atoms with E-state index in [-0.39, 0.29) is 16.0 Å². The van der Waals surface area contributed by atoms with Gasteiger partial charge in [0.15, 0.2) is 0 Å². The summed E-state index contributed by atoms with van der Waals surface area (Å²) in [6, 6.07) is 2.19. The summed E-state index contributed by atoms with van der Waals surface area (Å²) in [4.78, 5) is 11.9. The van der Waals surface area contributed by atoms with E-state index < -0.39 is 14.7 Å². The summed E-state index contributed by atoms with van der Waals surface area (Å²) >= 11 is 0. The van der Waals surface area contributed by atoms with Crippen molar-refractivity contribution in [2.75, 3.05) is 12.5 Å². The third-order valence-electron chi connectivity index (χ3n) is 2.98. The molecular weight excluding hydrogens is 290 g/mol. The number of nitriles is 1. The zero-order chi connectivity index (χ0) is 16.2. The van der Waals surface area contributed by atoms with Crippen molar-refractivity contribution in [3.63, 3.8) is 0 Å². The average Bonchev–Trinajstić information content (AvgIpc) is 2.11. The van der Waals surface area contributed by atoms with Gasteiger partial charge in [0.25, 0.3) is 0 Å². The first kappa shape index (κ1) is 19.7. The standard InChI is InChI=1S/C15H29NO2S2/c1-14(2,3)18-13(17)11-12(9-10-16)19-20(7,8)15(4,5)6/h12H,9,11H2,1-8H3/t12-/m1/s1. The van der Waals surface area contributed by atoms with Crippen LogP contribution in [0, 0.1) is 11.3 Å². The Morgan fingerprint density at radius 3 is 2.10 bits per heavy atom. The second-order valence-electron chi connectivity index (χ2n) is 7.22. The minimum atomic E-state index is -0.951. The smallest absolute Gasteiger partial charge is 0.307 e. The molecule has 0 amide bonds. The molecule has 0 unspecified atom stereocenters. The van der Waals surface area contributed by atoms with Crippen molar-refractivity contribution >= 4 is 25.8 Å². The first-order valence-electron chi connectivity index (χ1n) is 6.78. The zero-order valence-electron chi connectivity index (χ0n) is 14.1. The lowest BCUT2D eigenvalue weighted by Gasteiger charge is -2.45. The number of hydrogen-bond acceptors (Lipinski definition) is 4. The van der Waals surface area contributed by atoms with Crippen LogP contribution in [0.3, 0.4) is 0 Å². The third-order valence-corrected chi connectivity index (χ3v) is 10.8. The van der Waals surface area contributed by atoms with Gasteiger partial charge in [-0.3, -0.25) is 4.79 Å². The maximum atomic E-state index is 11.9. The lowest BCUT2D eigenvalue weighted by Crippen LogP contribution is -2.27. The van der Waals surface area contributed by atoms with Crippen LogP contribution in [0.2, 0.25) is 0 Å². The Kier molecular flexibility index (Phi) is 6.96. The van der Waals surface area contributed by atoms with Gasteiger partial charge >= 0.3 is 5.97 Å². The fourth-order valence-corrected chi connectivity index (χ4v) is 5.93. The monoisotopic (exact) mass is 319 g/mol. The molecule has 0 aromatic carbocycles. The van der Waals surface area contributed by atoms with Gasteiger partial charge < -0.3 is 4.74 Å². The molecule has 0 spiro atoms. The molecule has 0 aromatic rings. The molecule has 0 aliphatic heterocycles. The highest BCUT2D eigenvalue weighted by Crippen LogP contribution is 2.65. The molecule has 0 bridgehead atoms. The second-order valence-corrected chi connectivity index (χ2v) is 14.8. The number of nitrogens with zero attached hydrogens (tertiary/aromatic N) is 1. The van der Waals surface area contributed by atoms with Crippen molar-refractivity contribution in [2.45, 2.75) is 70.0 Å². The Labute approximate surface area is 129 Å². The van der Waals surface area contributed by atoms with Crippen LogP contribution in [0.1, 0.15) is 54.4 Å². The van der Waals surface area contributed by atoms with E-state index in [9.17, 15) is 4.79 Å². The molecule has 1 atom stereocenters. The van der Waals surface area contributed by atoms with Crippen LogP contribution < -0.4 is 0 Å². The largest absolute Gasteiger partial charge is 0.460 e. The van der Waals surface area contributed by atoms with Crippen LogP contribution in [-0.2, 0) is 9.53 Å². The summed E-state index contributed by atoms with van der Waals surface area (Å²) < 4.78 is 5.54. The fraction of sp³-hybridized carbons (Fsp3) is 0.867. The number of carbonyl (C=O) groups excluding carboxylic acids is 1. The van der Waals surface area contributed by atoms with Crippen LogP contribution in [-0.4, -0.2) is 34.1 Å². The molecule has 0 rings (SSSR count). The molecule has 5 heteroatoms. The van der Waals surface area contributed by atoms with Gasteiger partial charge in [0.2, 0.25) is 0 Å². The van der Waals surface area contributed by atoms with Crippen molar-refractivity contribution in [3.8, 4) is 6.07 Å². The van der Waals surface area contributed by atoms with Crippen LogP contribution >= 0.6 is 19.9 Å². The second kappa shape index (κ2) is 7.09. The van der Waals surface area contributed by atoms with E-state index in [1.165, 1.54) is 0 Å². The average molecular weight is 320 g/mol. The van der Waals surface area contributed by atoms with Gasteiger partial charge in [-0.1, -0.05) is 20.8 Å². The topological polar surface area (TPSA) is 50.1 Å². The molecule has 0 saturated heterocycles. The van der Waals surface area contributed by atoms with E-state index in [0.717, 1.165) is 0 Å². The lowest BCUT2D eigenvalue weighted by molar-refractivity contribution is -0.154. The quantitative estimate of drug-likeness (QED) is 0.552. The van der Waals surface area contributed by atoms with Crippen LogP contribution in [0.4, 0.5) is 0 Å². The summed E-state index contributed by atoms with van der Waals surface area (Å²) in [5.74, 6) is -0.214. The van der Waals surface area contributed by atoms with Gasteiger partial charge in [-0.25, -0.2) is 0 Å². The summed E-state index contributed by atoms with van der Waals surface area (Å²) in [5.41, 5.74) is -0.467. The third kappa shape index (κ3) is 7.44. The number of esters is 1. The Morgan fingerprint density at radius 1 is 1.25 bits per heavy atom. The Balaban J connectivity index is 4.76. The van der Waals surface area contributed by atoms with Gasteiger partial charge in [-0.15, -0.1) is 10.8 Å². The van der Waals surface area contributed by atoms with Crippen molar-refractivity contribution in [1.82, 2.24) is 0 Å². The van der Waals surface area contributed by atoms with Gasteiger partial charge in [-0.2, -0.15) is 14.3 Å². The zero-order valence-corrected chi connectivity index (χ0v) is 15.7. The van der Waals surface area contributed by atoms with Crippen LogP contribution in [0.25, 0.3) is 0 Å². The van der Waals surface area contributed by atoms with E-state index >= 15 is 0 Å².